The zero-order valence-corrected chi connectivity index (χ0v) is 11.7. The number of nitrogens with zero attached hydrogens (tertiary/aromatic N) is 3. The van der Waals surface area contributed by atoms with Gasteiger partial charge in [0.15, 0.2) is 0 Å². The summed E-state index contributed by atoms with van der Waals surface area (Å²) in [4.78, 5) is 24.9. The molecule has 0 atom stereocenters. The predicted octanol–water partition coefficient (Wildman–Crippen LogP) is 0.535. The van der Waals surface area contributed by atoms with E-state index in [2.05, 4.69) is 20.3 Å². The van der Waals surface area contributed by atoms with E-state index in [0.717, 1.165) is 5.56 Å². The van der Waals surface area contributed by atoms with Gasteiger partial charge in [-0.25, -0.2) is 4.63 Å². The number of anilines is 2. The van der Waals surface area contributed by atoms with E-state index in [0.29, 0.717) is 12.1 Å². The SMILES string of the molecule is CN(C)C(=O)Cc1ccc(NC(=O)c2nonc2N)cc1. The first-order valence-electron chi connectivity index (χ1n) is 6.16. The number of amides is 2. The van der Waals surface area contributed by atoms with Crippen molar-refractivity contribution in [2.45, 2.75) is 6.42 Å². The first-order chi connectivity index (χ1) is 9.97. The summed E-state index contributed by atoms with van der Waals surface area (Å²) in [6.07, 6.45) is 0.307. The van der Waals surface area contributed by atoms with Crippen LogP contribution in [0.4, 0.5) is 11.5 Å². The maximum absolute atomic E-state index is 11.8. The molecule has 0 spiro atoms. The van der Waals surface area contributed by atoms with Gasteiger partial charge in [0.25, 0.3) is 5.91 Å². The van der Waals surface area contributed by atoms with Crippen LogP contribution in [0.2, 0.25) is 0 Å². The lowest BCUT2D eigenvalue weighted by atomic mass is 10.1. The molecule has 1 aromatic carbocycles. The number of hydrogen-bond acceptors (Lipinski definition) is 6. The second-order valence-electron chi connectivity index (χ2n) is 4.61. The van der Waals surface area contributed by atoms with E-state index in [4.69, 9.17) is 5.73 Å². The van der Waals surface area contributed by atoms with E-state index in [1.54, 1.807) is 38.4 Å². The van der Waals surface area contributed by atoms with Gasteiger partial charge in [-0.1, -0.05) is 12.1 Å². The number of likely N-dealkylation sites (N-methyl/N-ethyl adjacent to an activating group) is 1. The molecule has 0 aliphatic rings. The van der Waals surface area contributed by atoms with Gasteiger partial charge in [0.05, 0.1) is 6.42 Å². The van der Waals surface area contributed by atoms with Crippen LogP contribution in [-0.2, 0) is 11.2 Å². The number of nitrogen functional groups attached to an aromatic ring is 1. The average molecular weight is 289 g/mol. The van der Waals surface area contributed by atoms with E-state index < -0.39 is 5.91 Å². The number of carbonyl (C=O) groups excluding carboxylic acids is 2. The summed E-state index contributed by atoms with van der Waals surface area (Å²) >= 11 is 0. The highest BCUT2D eigenvalue weighted by Crippen LogP contribution is 2.13. The number of aromatic nitrogens is 2. The second-order valence-corrected chi connectivity index (χ2v) is 4.61. The van der Waals surface area contributed by atoms with Crippen molar-refractivity contribution in [1.82, 2.24) is 15.2 Å². The topological polar surface area (TPSA) is 114 Å². The number of rotatable bonds is 4. The molecule has 0 saturated carbocycles. The van der Waals surface area contributed by atoms with Crippen molar-refractivity contribution in [2.24, 2.45) is 0 Å². The Kier molecular flexibility index (Phi) is 4.17. The normalized spacial score (nSPS) is 10.2. The lowest BCUT2D eigenvalue weighted by Gasteiger charge is -2.10. The highest BCUT2D eigenvalue weighted by atomic mass is 16.6. The van der Waals surface area contributed by atoms with Crippen LogP contribution in [-0.4, -0.2) is 41.1 Å². The third-order valence-corrected chi connectivity index (χ3v) is 2.79. The van der Waals surface area contributed by atoms with Crippen LogP contribution in [0.3, 0.4) is 0 Å². The maximum atomic E-state index is 11.8. The number of nitrogens with two attached hydrogens (primary N) is 1. The summed E-state index contributed by atoms with van der Waals surface area (Å²) in [6.45, 7) is 0. The number of benzene rings is 1. The summed E-state index contributed by atoms with van der Waals surface area (Å²) in [5.74, 6) is -0.570. The third-order valence-electron chi connectivity index (χ3n) is 2.79. The molecule has 1 heterocycles. The van der Waals surface area contributed by atoms with Gasteiger partial charge in [0.2, 0.25) is 17.4 Å². The van der Waals surface area contributed by atoms with Crippen LogP contribution < -0.4 is 11.1 Å². The minimum absolute atomic E-state index is 0.00762. The predicted molar refractivity (Wildman–Crippen MR) is 75.5 cm³/mol. The minimum atomic E-state index is -0.508. The van der Waals surface area contributed by atoms with Crippen LogP contribution in [0.25, 0.3) is 0 Å². The van der Waals surface area contributed by atoms with Crippen LogP contribution in [0.15, 0.2) is 28.9 Å². The van der Waals surface area contributed by atoms with Gasteiger partial charge in [-0.05, 0) is 28.0 Å². The van der Waals surface area contributed by atoms with Crippen molar-refractivity contribution in [3.05, 3.63) is 35.5 Å². The van der Waals surface area contributed by atoms with Crippen LogP contribution >= 0.6 is 0 Å². The lowest BCUT2D eigenvalue weighted by molar-refractivity contribution is -0.127. The highest BCUT2D eigenvalue weighted by molar-refractivity contribution is 6.05. The molecule has 0 fully saturated rings. The molecule has 0 aliphatic heterocycles. The molecule has 8 heteroatoms. The minimum Gasteiger partial charge on any atom is -0.379 e. The Balaban J connectivity index is 2.01. The first kappa shape index (κ1) is 14.5. The molecule has 2 aromatic rings. The average Bonchev–Trinajstić information content (AvgIpc) is 2.87. The fraction of sp³-hybridized carbons (Fsp3) is 0.231. The number of carbonyl (C=O) groups is 2. The van der Waals surface area contributed by atoms with E-state index >= 15 is 0 Å². The largest absolute Gasteiger partial charge is 0.379 e. The molecule has 21 heavy (non-hydrogen) atoms. The fourth-order valence-electron chi connectivity index (χ4n) is 1.58. The van der Waals surface area contributed by atoms with E-state index in [1.165, 1.54) is 4.90 Å². The van der Waals surface area contributed by atoms with Crippen LogP contribution in [0.5, 0.6) is 0 Å². The van der Waals surface area contributed by atoms with Crippen molar-refractivity contribution >= 4 is 23.3 Å². The Morgan fingerprint density at radius 3 is 2.43 bits per heavy atom. The molecular weight excluding hydrogens is 274 g/mol. The number of nitrogens with one attached hydrogen (secondary N) is 1. The third kappa shape index (κ3) is 3.56. The van der Waals surface area contributed by atoms with Crippen molar-refractivity contribution in [2.75, 3.05) is 25.1 Å². The van der Waals surface area contributed by atoms with Crippen LogP contribution in [0, 0.1) is 0 Å². The summed E-state index contributed by atoms with van der Waals surface area (Å²) in [6, 6.07) is 6.92. The van der Waals surface area contributed by atoms with Crippen molar-refractivity contribution in [3.63, 3.8) is 0 Å². The standard InChI is InChI=1S/C13H15N5O3/c1-18(2)10(19)7-8-3-5-9(6-4-8)15-13(20)11-12(14)17-21-16-11/h3-6H,7H2,1-2H3,(H2,14,17)(H,15,20). The zero-order valence-electron chi connectivity index (χ0n) is 11.7. The van der Waals surface area contributed by atoms with Crippen LogP contribution in [0.1, 0.15) is 16.1 Å². The zero-order chi connectivity index (χ0) is 15.4. The van der Waals surface area contributed by atoms with E-state index in [9.17, 15) is 9.59 Å². The summed E-state index contributed by atoms with van der Waals surface area (Å²) in [5, 5.41) is 9.36. The molecule has 0 aliphatic carbocycles. The second kappa shape index (κ2) is 6.04. The lowest BCUT2D eigenvalue weighted by Crippen LogP contribution is -2.23. The maximum Gasteiger partial charge on any atom is 0.281 e. The van der Waals surface area contributed by atoms with Gasteiger partial charge in [-0.3, -0.25) is 9.59 Å². The number of hydrogen-bond donors (Lipinski definition) is 2. The van der Waals surface area contributed by atoms with Gasteiger partial charge < -0.3 is 16.0 Å². The van der Waals surface area contributed by atoms with Gasteiger partial charge in [0, 0.05) is 19.8 Å². The molecule has 0 saturated heterocycles. The van der Waals surface area contributed by atoms with Gasteiger partial charge in [-0.15, -0.1) is 0 Å². The first-order valence-corrected chi connectivity index (χ1v) is 6.16. The van der Waals surface area contributed by atoms with Crippen molar-refractivity contribution in [1.29, 1.82) is 0 Å². The molecule has 2 amide bonds. The molecule has 0 radical (unpaired) electrons. The summed E-state index contributed by atoms with van der Waals surface area (Å²) in [7, 11) is 3.40. The van der Waals surface area contributed by atoms with Crippen molar-refractivity contribution < 1.29 is 14.2 Å². The van der Waals surface area contributed by atoms with Gasteiger partial charge >= 0.3 is 0 Å². The molecule has 3 N–H and O–H groups in total. The molecule has 1 aromatic heterocycles. The Bertz CT molecular complexity index is 648. The fourth-order valence-corrected chi connectivity index (χ4v) is 1.58. The summed E-state index contributed by atoms with van der Waals surface area (Å²) < 4.78 is 4.36. The Morgan fingerprint density at radius 2 is 1.90 bits per heavy atom. The Morgan fingerprint density at radius 1 is 1.24 bits per heavy atom. The molecule has 0 bridgehead atoms. The summed E-state index contributed by atoms with van der Waals surface area (Å²) in [5.41, 5.74) is 6.78. The molecule has 110 valence electrons. The Hall–Kier alpha value is -2.90. The highest BCUT2D eigenvalue weighted by Gasteiger charge is 2.16. The van der Waals surface area contributed by atoms with Gasteiger partial charge in [0.1, 0.15) is 0 Å². The monoisotopic (exact) mass is 289 g/mol. The Labute approximate surface area is 120 Å². The van der Waals surface area contributed by atoms with Crippen molar-refractivity contribution in [3.8, 4) is 0 Å². The molecular formula is C13H15N5O3. The molecule has 2 rings (SSSR count). The van der Waals surface area contributed by atoms with E-state index in [-0.39, 0.29) is 17.4 Å². The molecule has 0 unspecified atom stereocenters. The van der Waals surface area contributed by atoms with E-state index in [1.807, 2.05) is 0 Å². The van der Waals surface area contributed by atoms with Gasteiger partial charge in [-0.2, -0.15) is 0 Å². The quantitative estimate of drug-likeness (QED) is 0.848. The molecule has 8 nitrogen and oxygen atoms in total. The smallest absolute Gasteiger partial charge is 0.281 e.